The first-order valence-corrected chi connectivity index (χ1v) is 3.69. The summed E-state index contributed by atoms with van der Waals surface area (Å²) in [6.07, 6.45) is 7.21. The monoisotopic (exact) mass is 154 g/mol. The minimum Gasteiger partial charge on any atom is -0.392 e. The van der Waals surface area contributed by atoms with E-state index in [0.717, 1.165) is 4.86 Å². The second kappa shape index (κ2) is 3.08. The summed E-state index contributed by atoms with van der Waals surface area (Å²) in [7, 11) is 0. The molecule has 0 aromatic heterocycles. The van der Waals surface area contributed by atoms with Crippen LogP contribution in [0.2, 0.25) is 0 Å². The molecule has 0 spiro atoms. The zero-order valence-electron chi connectivity index (χ0n) is 5.82. The van der Waals surface area contributed by atoms with E-state index in [1.165, 1.54) is 0 Å². The predicted octanol–water partition coefficient (Wildman–Crippen LogP) is 1.48. The van der Waals surface area contributed by atoms with Crippen molar-refractivity contribution in [2.75, 3.05) is 0 Å². The summed E-state index contributed by atoms with van der Waals surface area (Å²) in [6.45, 7) is 1.75. The maximum Gasteiger partial charge on any atom is 0.0623 e. The lowest BCUT2D eigenvalue weighted by molar-refractivity contribution is 0.176. The average molecular weight is 154 g/mol. The van der Waals surface area contributed by atoms with Crippen LogP contribution >= 0.6 is 12.2 Å². The lowest BCUT2D eigenvalue weighted by Gasteiger charge is -2.16. The van der Waals surface area contributed by atoms with Crippen molar-refractivity contribution in [1.29, 1.82) is 0 Å². The molecule has 10 heavy (non-hydrogen) atoms. The van der Waals surface area contributed by atoms with Crippen LogP contribution in [-0.4, -0.2) is 16.1 Å². The van der Waals surface area contributed by atoms with Crippen LogP contribution in [0.15, 0.2) is 24.3 Å². The van der Waals surface area contributed by atoms with Crippen molar-refractivity contribution in [1.82, 2.24) is 0 Å². The average Bonchev–Trinajstić information content (AvgIpc) is 1.88. The highest BCUT2D eigenvalue weighted by Crippen LogP contribution is 2.13. The van der Waals surface area contributed by atoms with Crippen molar-refractivity contribution in [3.8, 4) is 0 Å². The van der Waals surface area contributed by atoms with Gasteiger partial charge in [-0.2, -0.15) is 0 Å². The Kier molecular flexibility index (Phi) is 2.35. The van der Waals surface area contributed by atoms with Crippen molar-refractivity contribution < 1.29 is 5.11 Å². The van der Waals surface area contributed by atoms with Crippen molar-refractivity contribution in [3.63, 3.8) is 0 Å². The quantitative estimate of drug-likeness (QED) is 0.577. The Labute approximate surface area is 66.1 Å². The summed E-state index contributed by atoms with van der Waals surface area (Å²) in [6, 6.07) is 0. The third-order valence-corrected chi connectivity index (χ3v) is 1.95. The summed E-state index contributed by atoms with van der Waals surface area (Å²) in [5, 5.41) is 9.17. The summed E-state index contributed by atoms with van der Waals surface area (Å²) in [5.74, 6) is 0.0417. The first-order chi connectivity index (χ1) is 4.72. The molecule has 0 bridgehead atoms. The van der Waals surface area contributed by atoms with E-state index in [2.05, 4.69) is 0 Å². The number of rotatable bonds is 1. The van der Waals surface area contributed by atoms with Crippen LogP contribution in [0.3, 0.4) is 0 Å². The molecule has 1 unspecified atom stereocenters. The first kappa shape index (κ1) is 7.63. The topological polar surface area (TPSA) is 20.2 Å². The van der Waals surface area contributed by atoms with E-state index in [1.54, 1.807) is 6.92 Å². The van der Waals surface area contributed by atoms with Crippen LogP contribution in [0.4, 0.5) is 0 Å². The van der Waals surface area contributed by atoms with E-state index in [1.807, 2.05) is 24.3 Å². The Bertz CT molecular complexity index is 191. The number of aliphatic hydroxyl groups excluding tert-OH is 1. The predicted molar refractivity (Wildman–Crippen MR) is 46.0 cm³/mol. The molecule has 0 aliphatic heterocycles. The Morgan fingerprint density at radius 2 is 2.30 bits per heavy atom. The summed E-state index contributed by atoms with van der Waals surface area (Å²) in [5.41, 5.74) is 0. The van der Waals surface area contributed by atoms with Crippen LogP contribution in [0, 0.1) is 5.92 Å². The normalized spacial score (nSPS) is 27.0. The molecule has 1 N–H and O–H groups in total. The molecule has 0 saturated carbocycles. The van der Waals surface area contributed by atoms with Crippen molar-refractivity contribution in [2.45, 2.75) is 13.0 Å². The SMILES string of the molecule is C[C@@H](O)C1C=CC=CC1=S. The molecule has 54 valence electrons. The molecular weight excluding hydrogens is 144 g/mol. The largest absolute Gasteiger partial charge is 0.392 e. The fourth-order valence-corrected chi connectivity index (χ4v) is 1.29. The van der Waals surface area contributed by atoms with Crippen molar-refractivity contribution in [3.05, 3.63) is 24.3 Å². The third-order valence-electron chi connectivity index (χ3n) is 1.54. The molecule has 1 aliphatic rings. The molecule has 0 radical (unpaired) electrons. The van der Waals surface area contributed by atoms with Crippen molar-refractivity contribution in [2.24, 2.45) is 5.92 Å². The van der Waals surface area contributed by atoms with Crippen LogP contribution in [0.25, 0.3) is 0 Å². The van der Waals surface area contributed by atoms with Crippen LogP contribution in [0.1, 0.15) is 6.92 Å². The van der Waals surface area contributed by atoms with Gasteiger partial charge in [0.2, 0.25) is 0 Å². The maximum absolute atomic E-state index is 9.17. The van der Waals surface area contributed by atoms with E-state index < -0.39 is 0 Å². The van der Waals surface area contributed by atoms with Gasteiger partial charge in [-0.3, -0.25) is 0 Å². The lowest BCUT2D eigenvalue weighted by atomic mass is 9.96. The van der Waals surface area contributed by atoms with Gasteiger partial charge in [-0.05, 0) is 13.0 Å². The minimum absolute atomic E-state index is 0.0417. The molecule has 0 amide bonds. The smallest absolute Gasteiger partial charge is 0.0623 e. The van der Waals surface area contributed by atoms with Gasteiger partial charge in [-0.25, -0.2) is 0 Å². The van der Waals surface area contributed by atoms with Gasteiger partial charge in [0.1, 0.15) is 0 Å². The summed E-state index contributed by atoms with van der Waals surface area (Å²) < 4.78 is 0. The van der Waals surface area contributed by atoms with Gasteiger partial charge in [-0.15, -0.1) is 0 Å². The number of allylic oxidation sites excluding steroid dienone is 3. The molecule has 2 heteroatoms. The standard InChI is InChI=1S/C8H10OS/c1-6(9)7-4-2-3-5-8(7)10/h2-7,9H,1H3/t6-,7?/m1/s1. The number of thiocarbonyl (C=S) groups is 1. The number of hydrogen-bond donors (Lipinski definition) is 1. The van der Waals surface area contributed by atoms with Crippen LogP contribution in [-0.2, 0) is 0 Å². The molecule has 1 nitrogen and oxygen atoms in total. The molecule has 0 heterocycles. The molecule has 2 atom stereocenters. The molecule has 0 aromatic rings. The lowest BCUT2D eigenvalue weighted by Crippen LogP contribution is -2.22. The van der Waals surface area contributed by atoms with E-state index in [0.29, 0.717) is 0 Å². The van der Waals surface area contributed by atoms with Gasteiger partial charge in [0.05, 0.1) is 6.10 Å². The Morgan fingerprint density at radius 3 is 2.70 bits per heavy atom. The first-order valence-electron chi connectivity index (χ1n) is 3.28. The number of hydrogen-bond acceptors (Lipinski definition) is 2. The summed E-state index contributed by atoms with van der Waals surface area (Å²) >= 11 is 5.01. The highest BCUT2D eigenvalue weighted by atomic mass is 32.1. The van der Waals surface area contributed by atoms with Gasteiger partial charge < -0.3 is 5.11 Å². The van der Waals surface area contributed by atoms with Crippen LogP contribution < -0.4 is 0 Å². The van der Waals surface area contributed by atoms with Gasteiger partial charge in [0, 0.05) is 10.8 Å². The molecule has 0 fully saturated rings. The minimum atomic E-state index is -0.367. The van der Waals surface area contributed by atoms with E-state index in [4.69, 9.17) is 12.2 Å². The second-order valence-electron chi connectivity index (χ2n) is 2.41. The summed E-state index contributed by atoms with van der Waals surface area (Å²) in [4.78, 5) is 0.817. The number of aliphatic hydroxyl groups is 1. The molecule has 0 saturated heterocycles. The van der Waals surface area contributed by atoms with Gasteiger partial charge in [-0.1, -0.05) is 30.4 Å². The van der Waals surface area contributed by atoms with E-state index in [-0.39, 0.29) is 12.0 Å². The van der Waals surface area contributed by atoms with E-state index in [9.17, 15) is 5.11 Å². The Hall–Kier alpha value is -0.470. The zero-order chi connectivity index (χ0) is 7.56. The third kappa shape index (κ3) is 1.52. The van der Waals surface area contributed by atoms with Gasteiger partial charge in [0.15, 0.2) is 0 Å². The zero-order valence-corrected chi connectivity index (χ0v) is 6.64. The van der Waals surface area contributed by atoms with E-state index >= 15 is 0 Å². The van der Waals surface area contributed by atoms with Crippen molar-refractivity contribution >= 4 is 17.1 Å². The fraction of sp³-hybridized carbons (Fsp3) is 0.375. The molecule has 1 rings (SSSR count). The highest BCUT2D eigenvalue weighted by molar-refractivity contribution is 7.80. The Balaban J connectivity index is 2.70. The molecular formula is C8H10OS. The second-order valence-corrected chi connectivity index (χ2v) is 2.88. The highest BCUT2D eigenvalue weighted by Gasteiger charge is 2.15. The van der Waals surface area contributed by atoms with Gasteiger partial charge >= 0.3 is 0 Å². The molecule has 0 aromatic carbocycles. The van der Waals surface area contributed by atoms with Gasteiger partial charge in [0.25, 0.3) is 0 Å². The van der Waals surface area contributed by atoms with Crippen LogP contribution in [0.5, 0.6) is 0 Å². The molecule has 1 aliphatic carbocycles. The maximum atomic E-state index is 9.17. The fourth-order valence-electron chi connectivity index (χ4n) is 0.939. The Morgan fingerprint density at radius 1 is 1.60 bits per heavy atom.